The van der Waals surface area contributed by atoms with Gasteiger partial charge in [0.15, 0.2) is 5.17 Å². The van der Waals surface area contributed by atoms with E-state index >= 15 is 0 Å². The third-order valence-electron chi connectivity index (χ3n) is 6.91. The van der Waals surface area contributed by atoms with Crippen molar-refractivity contribution in [2.24, 2.45) is 4.99 Å². The molecule has 0 saturated heterocycles. The number of hydrogen-bond acceptors (Lipinski definition) is 4. The van der Waals surface area contributed by atoms with E-state index in [1.165, 1.54) is 44.7 Å². The molecule has 174 valence electrons. The molecule has 3 heterocycles. The molecule has 3 nitrogen and oxygen atoms in total. The van der Waals surface area contributed by atoms with Crippen LogP contribution in [0.2, 0.25) is 0 Å². The molecule has 3 aliphatic heterocycles. The van der Waals surface area contributed by atoms with E-state index in [4.69, 9.17) is 4.99 Å². The maximum atomic E-state index is 5.30. The summed E-state index contributed by atoms with van der Waals surface area (Å²) in [5.41, 5.74) is 11.4. The Hall–Kier alpha value is -3.34. The summed E-state index contributed by atoms with van der Waals surface area (Å²) in [6.07, 6.45) is 2.32. The molecule has 3 aromatic carbocycles. The first-order chi connectivity index (χ1) is 17.1. The molecule has 0 amide bonds. The molecular weight excluding hydrogens is 446 g/mol. The summed E-state index contributed by atoms with van der Waals surface area (Å²) in [6.45, 7) is 6.08. The van der Waals surface area contributed by atoms with Gasteiger partial charge in [-0.1, -0.05) is 102 Å². The van der Waals surface area contributed by atoms with Gasteiger partial charge in [0.25, 0.3) is 0 Å². The van der Waals surface area contributed by atoms with E-state index in [1.54, 1.807) is 11.8 Å². The number of benzene rings is 3. The predicted octanol–water partition coefficient (Wildman–Crippen LogP) is 7.04. The number of fused-ring (bicyclic) bond motifs is 1. The standard InChI is InChI=1S/C31H29N3S/c1-21-9-13-23(14-10-21)17-26-18-33(3)19-27-29(26)32-31-34(30(27)25-15-11-22(2)12-16-25)28(20-35-31)24-7-5-4-6-8-24/h4-17,20,30H,18-19H2,1-3H3/b26-17+/t30-/m0/s1. The molecule has 0 fully saturated rings. The van der Waals surface area contributed by atoms with Crippen LogP contribution >= 0.6 is 11.8 Å². The molecular formula is C31H29N3S. The summed E-state index contributed by atoms with van der Waals surface area (Å²) < 4.78 is 0. The SMILES string of the molecule is Cc1ccc(/C=C2\CN(C)CC3=C2N=C2SC=C(c4ccccc4)N2[C@H]3c2ccc(C)cc2)cc1. The second-order valence-corrected chi connectivity index (χ2v) is 10.5. The Labute approximate surface area is 212 Å². The first-order valence-electron chi connectivity index (χ1n) is 12.1. The minimum atomic E-state index is 0.115. The Balaban J connectivity index is 1.51. The second-order valence-electron chi connectivity index (χ2n) is 9.69. The lowest BCUT2D eigenvalue weighted by atomic mass is 9.87. The van der Waals surface area contributed by atoms with Gasteiger partial charge in [-0.15, -0.1) is 0 Å². The van der Waals surface area contributed by atoms with E-state index in [1.807, 2.05) is 0 Å². The van der Waals surface area contributed by atoms with Gasteiger partial charge in [0.2, 0.25) is 0 Å². The fraction of sp³-hybridized carbons (Fsp3) is 0.194. The van der Waals surface area contributed by atoms with Crippen LogP contribution in [0.1, 0.15) is 33.9 Å². The van der Waals surface area contributed by atoms with Gasteiger partial charge in [0.1, 0.15) is 0 Å². The van der Waals surface area contributed by atoms with Crippen LogP contribution in [-0.4, -0.2) is 35.1 Å². The average Bonchev–Trinajstić information content (AvgIpc) is 3.29. The normalized spacial score (nSPS) is 21.1. The highest BCUT2D eigenvalue weighted by atomic mass is 32.2. The largest absolute Gasteiger partial charge is 0.308 e. The Morgan fingerprint density at radius 2 is 1.54 bits per heavy atom. The van der Waals surface area contributed by atoms with Crippen LogP contribution in [0.5, 0.6) is 0 Å². The number of aryl methyl sites for hydroxylation is 2. The first-order valence-corrected chi connectivity index (χ1v) is 13.0. The van der Waals surface area contributed by atoms with Crippen LogP contribution in [0.4, 0.5) is 0 Å². The Morgan fingerprint density at radius 1 is 0.857 bits per heavy atom. The number of rotatable bonds is 3. The highest BCUT2D eigenvalue weighted by Gasteiger charge is 2.41. The van der Waals surface area contributed by atoms with Crippen molar-refractivity contribution in [1.29, 1.82) is 0 Å². The van der Waals surface area contributed by atoms with Crippen molar-refractivity contribution < 1.29 is 0 Å². The van der Waals surface area contributed by atoms with Crippen LogP contribution in [0.15, 0.2) is 106 Å². The van der Waals surface area contributed by atoms with Crippen LogP contribution in [0, 0.1) is 13.8 Å². The quantitative estimate of drug-likeness (QED) is 0.405. The van der Waals surface area contributed by atoms with Gasteiger partial charge >= 0.3 is 0 Å². The van der Waals surface area contributed by atoms with Gasteiger partial charge in [-0.05, 0) is 54.8 Å². The Morgan fingerprint density at radius 3 is 2.26 bits per heavy atom. The molecule has 0 aromatic heterocycles. The lowest BCUT2D eigenvalue weighted by Gasteiger charge is -2.42. The van der Waals surface area contributed by atoms with E-state index < -0.39 is 0 Å². The van der Waals surface area contributed by atoms with E-state index in [9.17, 15) is 0 Å². The van der Waals surface area contributed by atoms with Crippen LogP contribution in [0.3, 0.4) is 0 Å². The van der Waals surface area contributed by atoms with Crippen LogP contribution < -0.4 is 0 Å². The average molecular weight is 476 g/mol. The number of thioether (sulfide) groups is 1. The third kappa shape index (κ3) is 4.18. The van der Waals surface area contributed by atoms with Gasteiger partial charge in [-0.3, -0.25) is 4.90 Å². The van der Waals surface area contributed by atoms with Crippen molar-refractivity contribution in [3.05, 3.63) is 129 Å². The fourth-order valence-corrected chi connectivity index (χ4v) is 6.08. The molecule has 3 aliphatic rings. The molecule has 4 heteroatoms. The zero-order valence-electron chi connectivity index (χ0n) is 20.4. The highest BCUT2D eigenvalue weighted by Crippen LogP contribution is 2.49. The summed E-state index contributed by atoms with van der Waals surface area (Å²) in [5, 5.41) is 3.33. The number of likely N-dealkylation sites (N-methyl/N-ethyl adjacent to an activating group) is 1. The highest BCUT2D eigenvalue weighted by molar-refractivity contribution is 8.16. The van der Waals surface area contributed by atoms with Gasteiger partial charge in [0, 0.05) is 18.5 Å². The molecule has 35 heavy (non-hydrogen) atoms. The number of aliphatic imine (C=N–C) groups is 1. The van der Waals surface area contributed by atoms with Gasteiger partial charge in [-0.2, -0.15) is 0 Å². The third-order valence-corrected chi connectivity index (χ3v) is 7.75. The molecule has 0 aliphatic carbocycles. The minimum Gasteiger partial charge on any atom is -0.308 e. The molecule has 6 rings (SSSR count). The second kappa shape index (κ2) is 9.03. The van der Waals surface area contributed by atoms with E-state index in [0.717, 1.165) is 24.0 Å². The van der Waals surface area contributed by atoms with Crippen LogP contribution in [0.25, 0.3) is 11.8 Å². The lowest BCUT2D eigenvalue weighted by molar-refractivity contribution is 0.344. The van der Waals surface area contributed by atoms with Crippen molar-refractivity contribution >= 4 is 28.7 Å². The lowest BCUT2D eigenvalue weighted by Crippen LogP contribution is -2.40. The predicted molar refractivity (Wildman–Crippen MR) is 149 cm³/mol. The van der Waals surface area contributed by atoms with Crippen molar-refractivity contribution in [3.63, 3.8) is 0 Å². The number of amidine groups is 1. The molecule has 3 aromatic rings. The molecule has 0 radical (unpaired) electrons. The molecule has 0 saturated carbocycles. The first kappa shape index (κ1) is 22.1. The monoisotopic (exact) mass is 475 g/mol. The smallest absolute Gasteiger partial charge is 0.174 e. The van der Waals surface area contributed by atoms with Crippen LogP contribution in [-0.2, 0) is 0 Å². The fourth-order valence-electron chi connectivity index (χ4n) is 5.15. The van der Waals surface area contributed by atoms with Crippen molar-refractivity contribution in [2.75, 3.05) is 20.1 Å². The van der Waals surface area contributed by atoms with Gasteiger partial charge in [-0.25, -0.2) is 4.99 Å². The summed E-state index contributed by atoms with van der Waals surface area (Å²) in [6, 6.07) is 28.6. The van der Waals surface area contributed by atoms with Crippen molar-refractivity contribution in [2.45, 2.75) is 19.9 Å². The zero-order valence-corrected chi connectivity index (χ0v) is 21.2. The van der Waals surface area contributed by atoms with Gasteiger partial charge < -0.3 is 4.90 Å². The topological polar surface area (TPSA) is 18.8 Å². The molecule has 0 N–H and O–H groups in total. The summed E-state index contributed by atoms with van der Waals surface area (Å²) in [7, 11) is 2.21. The number of nitrogens with zero attached hydrogens (tertiary/aromatic N) is 3. The number of hydrogen-bond donors (Lipinski definition) is 0. The summed E-state index contributed by atoms with van der Waals surface area (Å²) >= 11 is 1.74. The molecule has 0 spiro atoms. The Kier molecular flexibility index (Phi) is 5.71. The van der Waals surface area contributed by atoms with E-state index in [-0.39, 0.29) is 6.04 Å². The summed E-state index contributed by atoms with van der Waals surface area (Å²) in [5.74, 6) is 0. The van der Waals surface area contributed by atoms with Crippen molar-refractivity contribution in [3.8, 4) is 0 Å². The maximum Gasteiger partial charge on any atom is 0.174 e. The van der Waals surface area contributed by atoms with Gasteiger partial charge in [0.05, 0.1) is 17.4 Å². The zero-order chi connectivity index (χ0) is 23.9. The Bertz CT molecular complexity index is 1380. The summed E-state index contributed by atoms with van der Waals surface area (Å²) in [4.78, 5) is 10.2. The van der Waals surface area contributed by atoms with E-state index in [2.05, 4.69) is 121 Å². The molecule has 0 unspecified atom stereocenters. The molecule has 0 bridgehead atoms. The maximum absolute atomic E-state index is 5.30. The minimum absolute atomic E-state index is 0.115. The molecule has 1 atom stereocenters. The van der Waals surface area contributed by atoms with Crippen molar-refractivity contribution in [1.82, 2.24) is 9.80 Å². The van der Waals surface area contributed by atoms with E-state index in [0.29, 0.717) is 0 Å².